The van der Waals surface area contributed by atoms with Gasteiger partial charge in [-0.3, -0.25) is 0 Å². The van der Waals surface area contributed by atoms with Gasteiger partial charge in [-0.05, 0) is 18.3 Å². The lowest BCUT2D eigenvalue weighted by Crippen LogP contribution is -2.34. The van der Waals surface area contributed by atoms with Gasteiger partial charge in [-0.15, -0.1) is 0 Å². The van der Waals surface area contributed by atoms with Crippen molar-refractivity contribution < 1.29 is 5.11 Å². The molecule has 0 aromatic carbocycles. The number of nitrogens with zero attached hydrogens (tertiary/aromatic N) is 2. The fraction of sp³-hybridized carbons (Fsp3) is 0.636. The summed E-state index contributed by atoms with van der Waals surface area (Å²) in [5, 5.41) is 10.3. The van der Waals surface area contributed by atoms with E-state index in [1.165, 1.54) is 11.7 Å². The minimum atomic E-state index is -0.717. The molecule has 0 fully saturated rings. The van der Waals surface area contributed by atoms with E-state index in [-0.39, 0.29) is 5.41 Å². The molecule has 1 aromatic heterocycles. The van der Waals surface area contributed by atoms with Crippen molar-refractivity contribution in [3.05, 3.63) is 24.0 Å². The fourth-order valence-corrected chi connectivity index (χ4v) is 2.24. The molecule has 1 unspecified atom stereocenters. The van der Waals surface area contributed by atoms with Crippen molar-refractivity contribution in [3.63, 3.8) is 0 Å². The normalized spacial score (nSPS) is 29.3. The molecule has 0 radical (unpaired) electrons. The van der Waals surface area contributed by atoms with Gasteiger partial charge in [-0.25, -0.2) is 0 Å². The van der Waals surface area contributed by atoms with E-state index in [4.69, 9.17) is 0 Å². The zero-order chi connectivity index (χ0) is 10.9. The lowest BCUT2D eigenvalue weighted by molar-refractivity contribution is 0.0603. The molecule has 0 saturated carbocycles. The van der Waals surface area contributed by atoms with E-state index in [9.17, 15) is 5.11 Å². The molecule has 82 valence electrons. The summed E-state index contributed by atoms with van der Waals surface area (Å²) >= 11 is 1.19. The van der Waals surface area contributed by atoms with Crippen LogP contribution in [0.5, 0.6) is 0 Å². The van der Waals surface area contributed by atoms with Gasteiger partial charge in [-0.2, -0.15) is 8.75 Å². The molecule has 1 atom stereocenters. The zero-order valence-corrected chi connectivity index (χ0v) is 9.92. The van der Waals surface area contributed by atoms with E-state index in [0.29, 0.717) is 6.42 Å². The van der Waals surface area contributed by atoms with Crippen LogP contribution in [-0.2, 0) is 6.42 Å². The van der Waals surface area contributed by atoms with Crippen LogP contribution >= 0.6 is 11.7 Å². The third-order valence-electron chi connectivity index (χ3n) is 2.94. The van der Waals surface area contributed by atoms with Crippen molar-refractivity contribution in [2.75, 3.05) is 0 Å². The Bertz CT molecular complexity index is 359. The maximum absolute atomic E-state index is 10.3. The molecule has 1 N–H and O–H groups in total. The van der Waals surface area contributed by atoms with Crippen LogP contribution in [0.2, 0.25) is 0 Å². The lowest BCUT2D eigenvalue weighted by atomic mass is 9.75. The van der Waals surface area contributed by atoms with E-state index in [0.717, 1.165) is 18.5 Å². The van der Waals surface area contributed by atoms with Gasteiger partial charge in [0.2, 0.25) is 0 Å². The van der Waals surface area contributed by atoms with Gasteiger partial charge in [-0.1, -0.05) is 26.0 Å². The minimum absolute atomic E-state index is 0.215. The number of aliphatic hydroxyl groups is 1. The quantitative estimate of drug-likeness (QED) is 0.783. The minimum Gasteiger partial charge on any atom is -0.385 e. The molecule has 3 nitrogen and oxygen atoms in total. The maximum atomic E-state index is 10.3. The van der Waals surface area contributed by atoms with Crippen LogP contribution in [0.15, 0.2) is 18.3 Å². The molecule has 1 aliphatic rings. The first kappa shape index (κ1) is 10.8. The van der Waals surface area contributed by atoms with Gasteiger partial charge in [0.1, 0.15) is 0 Å². The third kappa shape index (κ3) is 2.63. The van der Waals surface area contributed by atoms with Crippen LogP contribution in [-0.4, -0.2) is 19.5 Å². The molecule has 1 aromatic rings. The average Bonchev–Trinajstić information content (AvgIpc) is 2.64. The summed E-state index contributed by atoms with van der Waals surface area (Å²) in [6, 6.07) is 0. The van der Waals surface area contributed by atoms with Crippen LogP contribution < -0.4 is 0 Å². The van der Waals surface area contributed by atoms with E-state index in [1.54, 1.807) is 6.20 Å². The van der Waals surface area contributed by atoms with Crippen molar-refractivity contribution in [2.45, 2.75) is 38.7 Å². The predicted molar refractivity (Wildman–Crippen MR) is 60.7 cm³/mol. The highest BCUT2D eigenvalue weighted by atomic mass is 32.1. The molecule has 2 rings (SSSR count). The second-order valence-electron chi connectivity index (χ2n) is 5.00. The summed E-state index contributed by atoms with van der Waals surface area (Å²) in [5.41, 5.74) is 0.379. The van der Waals surface area contributed by atoms with Crippen molar-refractivity contribution in [1.29, 1.82) is 0 Å². The van der Waals surface area contributed by atoms with Gasteiger partial charge in [0.05, 0.1) is 29.2 Å². The van der Waals surface area contributed by atoms with E-state index >= 15 is 0 Å². The Morgan fingerprint density at radius 2 is 2.20 bits per heavy atom. The molecular formula is C11H16N2OS. The monoisotopic (exact) mass is 224 g/mol. The molecule has 0 aliphatic heterocycles. The largest absolute Gasteiger partial charge is 0.385 e. The first-order valence-electron chi connectivity index (χ1n) is 5.18. The highest BCUT2D eigenvalue weighted by molar-refractivity contribution is 6.99. The average molecular weight is 224 g/mol. The van der Waals surface area contributed by atoms with Crippen LogP contribution in [0.25, 0.3) is 0 Å². The first-order valence-corrected chi connectivity index (χ1v) is 5.91. The smallest absolute Gasteiger partial charge is 0.0884 e. The van der Waals surface area contributed by atoms with Crippen LogP contribution in [0.4, 0.5) is 0 Å². The van der Waals surface area contributed by atoms with Crippen LogP contribution in [0, 0.1) is 5.41 Å². The molecule has 0 bridgehead atoms. The standard InChI is InChI=1S/C11H16N2OS/c1-10(2)3-5-11(14,6-4-10)7-9-8-12-15-13-9/h3,5,8,14H,4,6-7H2,1-2H3. The second-order valence-corrected chi connectivity index (χ2v) is 5.56. The first-order chi connectivity index (χ1) is 6.99. The van der Waals surface area contributed by atoms with Gasteiger partial charge in [0.15, 0.2) is 0 Å². The Morgan fingerprint density at radius 1 is 1.40 bits per heavy atom. The van der Waals surface area contributed by atoms with E-state index < -0.39 is 5.60 Å². The Hall–Kier alpha value is -0.740. The molecule has 0 amide bonds. The van der Waals surface area contributed by atoms with Gasteiger partial charge in [0.25, 0.3) is 0 Å². The Kier molecular flexibility index (Phi) is 2.64. The highest BCUT2D eigenvalue weighted by Crippen LogP contribution is 2.35. The van der Waals surface area contributed by atoms with Crippen LogP contribution in [0.1, 0.15) is 32.4 Å². The Labute approximate surface area is 94.2 Å². The predicted octanol–water partition coefficient (Wildman–Crippen LogP) is 2.19. The van der Waals surface area contributed by atoms with Crippen LogP contribution in [0.3, 0.4) is 0 Å². The van der Waals surface area contributed by atoms with Crippen molar-refractivity contribution in [1.82, 2.24) is 8.75 Å². The SMILES string of the molecule is CC1(C)C=CC(O)(Cc2cnsn2)CC1. The van der Waals surface area contributed by atoms with E-state index in [2.05, 4.69) is 28.7 Å². The molecule has 1 heterocycles. The number of aromatic nitrogens is 2. The fourth-order valence-electron chi connectivity index (χ4n) is 1.81. The molecule has 0 saturated heterocycles. The Balaban J connectivity index is 2.09. The Morgan fingerprint density at radius 3 is 2.73 bits per heavy atom. The number of rotatable bonds is 2. The molecule has 15 heavy (non-hydrogen) atoms. The molecule has 0 spiro atoms. The van der Waals surface area contributed by atoms with Gasteiger partial charge in [0, 0.05) is 6.42 Å². The van der Waals surface area contributed by atoms with Crippen molar-refractivity contribution in [2.24, 2.45) is 5.41 Å². The highest BCUT2D eigenvalue weighted by Gasteiger charge is 2.32. The number of hydrogen-bond donors (Lipinski definition) is 1. The summed E-state index contributed by atoms with van der Waals surface area (Å²) in [6.07, 6.45) is 8.16. The zero-order valence-electron chi connectivity index (χ0n) is 9.10. The second kappa shape index (κ2) is 3.68. The number of hydrogen-bond acceptors (Lipinski definition) is 4. The molecule has 1 aliphatic carbocycles. The van der Waals surface area contributed by atoms with Gasteiger partial charge < -0.3 is 5.11 Å². The summed E-state index contributed by atoms with van der Waals surface area (Å²) in [6.45, 7) is 4.38. The van der Waals surface area contributed by atoms with Crippen molar-refractivity contribution >= 4 is 11.7 Å². The van der Waals surface area contributed by atoms with E-state index in [1.807, 2.05) is 6.08 Å². The van der Waals surface area contributed by atoms with Crippen molar-refractivity contribution in [3.8, 4) is 0 Å². The number of allylic oxidation sites excluding steroid dienone is 1. The maximum Gasteiger partial charge on any atom is 0.0884 e. The van der Waals surface area contributed by atoms with Gasteiger partial charge >= 0.3 is 0 Å². The molecular weight excluding hydrogens is 208 g/mol. The lowest BCUT2D eigenvalue weighted by Gasteiger charge is -2.34. The summed E-state index contributed by atoms with van der Waals surface area (Å²) in [7, 11) is 0. The summed E-state index contributed by atoms with van der Waals surface area (Å²) < 4.78 is 8.07. The summed E-state index contributed by atoms with van der Waals surface area (Å²) in [5.74, 6) is 0. The summed E-state index contributed by atoms with van der Waals surface area (Å²) in [4.78, 5) is 0. The molecule has 4 heteroatoms. The topological polar surface area (TPSA) is 46.0 Å². The third-order valence-corrected chi connectivity index (χ3v) is 3.46.